The molecule has 6 nitrogen and oxygen atoms in total. The summed E-state index contributed by atoms with van der Waals surface area (Å²) in [7, 11) is 0. The summed E-state index contributed by atoms with van der Waals surface area (Å²) >= 11 is 3.61. The molecule has 0 aromatic carbocycles. The fourth-order valence-electron chi connectivity index (χ4n) is 4.98. The number of imidazole rings is 1. The Bertz CT molecular complexity index is 819. The maximum atomic E-state index is 12.6. The fourth-order valence-corrected chi connectivity index (χ4v) is 5.64. The van der Waals surface area contributed by atoms with Crippen LogP contribution in [0.2, 0.25) is 0 Å². The molecule has 2 fully saturated rings. The Morgan fingerprint density at radius 2 is 1.96 bits per heavy atom. The van der Waals surface area contributed by atoms with Crippen molar-refractivity contribution in [3.8, 4) is 0 Å². The van der Waals surface area contributed by atoms with Crippen LogP contribution in [0.5, 0.6) is 0 Å². The number of carbonyl (C=O) groups excluding carboxylic acids is 1. The predicted octanol–water partition coefficient (Wildman–Crippen LogP) is 2.79. The van der Waals surface area contributed by atoms with Crippen molar-refractivity contribution in [3.63, 3.8) is 0 Å². The van der Waals surface area contributed by atoms with Crippen LogP contribution in [0.25, 0.3) is 5.52 Å². The van der Waals surface area contributed by atoms with E-state index in [1.54, 1.807) is 6.92 Å². The van der Waals surface area contributed by atoms with Crippen LogP contribution in [0.15, 0.2) is 17.0 Å². The van der Waals surface area contributed by atoms with Gasteiger partial charge in [0.05, 0.1) is 31.7 Å². The van der Waals surface area contributed by atoms with Crippen molar-refractivity contribution in [2.24, 2.45) is 0 Å². The van der Waals surface area contributed by atoms with Crippen molar-refractivity contribution in [2.75, 3.05) is 26.2 Å². The molecule has 26 heavy (non-hydrogen) atoms. The van der Waals surface area contributed by atoms with Crippen LogP contribution in [0.1, 0.15) is 50.0 Å². The maximum Gasteiger partial charge on any atom is 0.310 e. The lowest BCUT2D eigenvalue weighted by Gasteiger charge is -2.47. The van der Waals surface area contributed by atoms with Gasteiger partial charge in [0.15, 0.2) is 0 Å². The summed E-state index contributed by atoms with van der Waals surface area (Å²) in [5.74, 6) is 1.83. The van der Waals surface area contributed by atoms with Crippen molar-refractivity contribution in [3.05, 3.63) is 28.5 Å². The van der Waals surface area contributed by atoms with Crippen molar-refractivity contribution < 1.29 is 9.28 Å². The van der Waals surface area contributed by atoms with E-state index in [1.807, 2.05) is 19.3 Å². The number of fused-ring (bicyclic) bond motifs is 1. The number of amides is 1. The zero-order valence-corrected chi connectivity index (χ0v) is 17.1. The molecule has 4 heterocycles. The first-order valence-corrected chi connectivity index (χ1v) is 10.4. The van der Waals surface area contributed by atoms with Crippen LogP contribution in [-0.2, 0) is 4.79 Å². The molecule has 2 aliphatic heterocycles. The van der Waals surface area contributed by atoms with Crippen LogP contribution < -0.4 is 5.32 Å². The highest BCUT2D eigenvalue weighted by atomic mass is 79.9. The first-order chi connectivity index (χ1) is 12.5. The number of halogens is 1. The molecule has 2 aromatic rings. The van der Waals surface area contributed by atoms with E-state index in [4.69, 9.17) is 4.98 Å². The Balaban J connectivity index is 1.60. The van der Waals surface area contributed by atoms with Gasteiger partial charge in [-0.25, -0.2) is 9.78 Å². The minimum absolute atomic E-state index is 0.338. The first kappa shape index (κ1) is 18.1. The number of nitrogens with one attached hydrogen (secondary N) is 1. The van der Waals surface area contributed by atoms with Crippen molar-refractivity contribution >= 4 is 27.4 Å². The zero-order valence-electron chi connectivity index (χ0n) is 15.5. The average Bonchev–Trinajstić information content (AvgIpc) is 3.00. The molecule has 0 atom stereocenters. The second kappa shape index (κ2) is 7.02. The van der Waals surface area contributed by atoms with Gasteiger partial charge in [0, 0.05) is 57.1 Å². The number of likely N-dealkylation sites (tertiary alicyclic amines) is 1. The molecule has 1 N–H and O–H groups in total. The minimum Gasteiger partial charge on any atom is -0.316 e. The second-order valence-electron chi connectivity index (χ2n) is 7.75. The van der Waals surface area contributed by atoms with Gasteiger partial charge in [0.2, 0.25) is 0 Å². The van der Waals surface area contributed by atoms with Crippen LogP contribution in [-0.4, -0.2) is 57.0 Å². The van der Waals surface area contributed by atoms with E-state index in [-0.39, 0.29) is 0 Å². The number of quaternary nitrogens is 1. The average molecular weight is 421 g/mol. The van der Waals surface area contributed by atoms with Gasteiger partial charge in [-0.2, -0.15) is 0 Å². The normalized spacial score (nSPS) is 27.7. The highest BCUT2D eigenvalue weighted by molar-refractivity contribution is 9.10. The fraction of sp³-hybridized carbons (Fsp3) is 0.632. The van der Waals surface area contributed by atoms with Crippen molar-refractivity contribution in [1.29, 1.82) is 0 Å². The molecule has 0 aliphatic carbocycles. The second-order valence-corrected chi connectivity index (χ2v) is 8.50. The number of aromatic nitrogens is 3. The van der Waals surface area contributed by atoms with Gasteiger partial charge in [-0.3, -0.25) is 13.9 Å². The zero-order chi connectivity index (χ0) is 18.3. The maximum absolute atomic E-state index is 12.6. The third-order valence-corrected chi connectivity index (χ3v) is 7.03. The van der Waals surface area contributed by atoms with Gasteiger partial charge in [0.25, 0.3) is 0 Å². The van der Waals surface area contributed by atoms with Crippen LogP contribution in [0.3, 0.4) is 0 Å². The van der Waals surface area contributed by atoms with Crippen molar-refractivity contribution in [1.82, 2.24) is 19.7 Å². The molecule has 7 heteroatoms. The summed E-state index contributed by atoms with van der Waals surface area (Å²) < 4.78 is 3.72. The third-order valence-electron chi connectivity index (χ3n) is 6.48. The number of hydrogen-bond donors (Lipinski definition) is 1. The summed E-state index contributed by atoms with van der Waals surface area (Å²) in [6.45, 7) is 7.74. The van der Waals surface area contributed by atoms with Crippen molar-refractivity contribution in [2.45, 2.75) is 51.5 Å². The van der Waals surface area contributed by atoms with E-state index in [0.717, 1.165) is 73.5 Å². The Morgan fingerprint density at radius 1 is 1.27 bits per heavy atom. The largest absolute Gasteiger partial charge is 0.316 e. The molecule has 140 valence electrons. The van der Waals surface area contributed by atoms with E-state index in [1.165, 1.54) is 0 Å². The topological polar surface area (TPSA) is 59.3 Å². The highest BCUT2D eigenvalue weighted by Crippen LogP contribution is 2.36. The first-order valence-electron chi connectivity index (χ1n) is 9.60. The summed E-state index contributed by atoms with van der Waals surface area (Å²) in [4.78, 5) is 21.8. The van der Waals surface area contributed by atoms with E-state index < -0.39 is 0 Å². The molecule has 0 radical (unpaired) electrons. The summed E-state index contributed by atoms with van der Waals surface area (Å²) in [5, 5.41) is 3.43. The molecule has 2 aliphatic rings. The van der Waals surface area contributed by atoms with Gasteiger partial charge in [-0.05, 0) is 22.9 Å². The third kappa shape index (κ3) is 2.90. The Labute approximate surface area is 162 Å². The number of piperidine rings is 2. The Hall–Kier alpha value is -1.31. The molecule has 0 saturated carbocycles. The van der Waals surface area contributed by atoms with Gasteiger partial charge in [-0.15, -0.1) is 0 Å². The Morgan fingerprint density at radius 3 is 2.62 bits per heavy atom. The number of hydrogen-bond acceptors (Lipinski definition) is 4. The summed E-state index contributed by atoms with van der Waals surface area (Å²) in [6, 6.07) is 0.477. The summed E-state index contributed by atoms with van der Waals surface area (Å²) in [6.07, 6.45) is 8.07. The molecular formula is C19H27BrN5O+. The number of rotatable bonds is 2. The monoisotopic (exact) mass is 420 g/mol. The van der Waals surface area contributed by atoms with Crippen LogP contribution in [0.4, 0.5) is 0 Å². The predicted molar refractivity (Wildman–Crippen MR) is 104 cm³/mol. The lowest BCUT2D eigenvalue weighted by molar-refractivity contribution is -0.885. The van der Waals surface area contributed by atoms with E-state index in [9.17, 15) is 4.79 Å². The number of nitrogens with zero attached hydrogens (tertiary/aromatic N) is 4. The van der Waals surface area contributed by atoms with Crippen LogP contribution >= 0.6 is 15.9 Å². The molecular weight excluding hydrogens is 394 g/mol. The van der Waals surface area contributed by atoms with E-state index >= 15 is 0 Å². The molecule has 2 saturated heterocycles. The number of carbonyl (C=O) groups is 1. The van der Waals surface area contributed by atoms with E-state index in [2.05, 4.69) is 30.6 Å². The molecule has 4 rings (SSSR count). The smallest absolute Gasteiger partial charge is 0.310 e. The number of aryl methyl sites for hydroxylation is 1. The highest BCUT2D eigenvalue weighted by Gasteiger charge is 2.45. The van der Waals surface area contributed by atoms with Gasteiger partial charge < -0.3 is 5.32 Å². The molecule has 0 spiro atoms. The lowest BCUT2D eigenvalue weighted by Crippen LogP contribution is -2.63. The SMILES string of the molecule is CC(=O)[N+]1(C2CCNCC2)CCC(c2nc(Br)c3c(C)nccn23)CC1. The Kier molecular flexibility index (Phi) is 4.88. The van der Waals surface area contributed by atoms with Gasteiger partial charge in [0.1, 0.15) is 15.9 Å². The van der Waals surface area contributed by atoms with Crippen LogP contribution in [0, 0.1) is 6.92 Å². The molecule has 1 amide bonds. The molecule has 0 unspecified atom stereocenters. The minimum atomic E-state index is 0.338. The summed E-state index contributed by atoms with van der Waals surface area (Å²) in [5.41, 5.74) is 2.04. The lowest BCUT2D eigenvalue weighted by atomic mass is 9.89. The van der Waals surface area contributed by atoms with Gasteiger partial charge >= 0.3 is 5.91 Å². The van der Waals surface area contributed by atoms with Gasteiger partial charge in [-0.1, -0.05) is 0 Å². The molecule has 2 aromatic heterocycles. The van der Waals surface area contributed by atoms with E-state index in [0.29, 0.717) is 22.3 Å². The molecule has 0 bridgehead atoms. The quantitative estimate of drug-likeness (QED) is 0.758. The standard InChI is InChI=1S/C19H27BrN5O/c1-13-17-18(20)23-19(24(17)10-9-22-13)15-5-11-25(12-6-15,14(2)26)16-3-7-21-8-4-16/h9-10,15-16,21H,3-8,11-12H2,1-2H3/q+1.